The molecule has 19 heavy (non-hydrogen) atoms. The fourth-order valence-electron chi connectivity index (χ4n) is 2.08. The first-order valence-electron chi connectivity index (χ1n) is 5.96. The number of halogens is 1. The van der Waals surface area contributed by atoms with Crippen LogP contribution in [0.3, 0.4) is 0 Å². The highest BCUT2D eigenvalue weighted by Gasteiger charge is 2.34. The van der Waals surface area contributed by atoms with E-state index in [1.807, 2.05) is 6.92 Å². The molecule has 1 fully saturated rings. The molecule has 1 aromatic rings. The van der Waals surface area contributed by atoms with Crippen LogP contribution in [-0.2, 0) is 21.3 Å². The highest BCUT2D eigenvalue weighted by Crippen LogP contribution is 2.28. The van der Waals surface area contributed by atoms with Crippen LogP contribution in [0, 0.1) is 0 Å². The van der Waals surface area contributed by atoms with Gasteiger partial charge in [-0.05, 0) is 35.7 Å². The standard InChI is InChI=1S/C11H17BrN2O4S/c1-11(3-2-4-17-7-11)14-19(15,16)9-5-8(6-13)18-10(9)12/h5,14H,2-4,6-7,13H2,1H3. The smallest absolute Gasteiger partial charge is 0.245 e. The van der Waals surface area contributed by atoms with Crippen LogP contribution in [0.25, 0.3) is 0 Å². The van der Waals surface area contributed by atoms with Gasteiger partial charge in [0.1, 0.15) is 10.7 Å². The number of nitrogens with two attached hydrogens (primary N) is 1. The fourth-order valence-corrected chi connectivity index (χ4v) is 4.50. The quantitative estimate of drug-likeness (QED) is 0.852. The molecule has 0 aliphatic carbocycles. The van der Waals surface area contributed by atoms with Crippen LogP contribution < -0.4 is 10.5 Å². The lowest BCUT2D eigenvalue weighted by molar-refractivity contribution is 0.0386. The summed E-state index contributed by atoms with van der Waals surface area (Å²) in [6, 6.07) is 1.43. The summed E-state index contributed by atoms with van der Waals surface area (Å²) >= 11 is 3.10. The topological polar surface area (TPSA) is 94.6 Å². The summed E-state index contributed by atoms with van der Waals surface area (Å²) in [5.74, 6) is 0.414. The minimum atomic E-state index is -3.66. The van der Waals surface area contributed by atoms with Crippen LogP contribution in [0.4, 0.5) is 0 Å². The Bertz CT molecular complexity index is 549. The van der Waals surface area contributed by atoms with Gasteiger partial charge in [0.2, 0.25) is 10.0 Å². The molecule has 1 aromatic heterocycles. The van der Waals surface area contributed by atoms with E-state index in [0.717, 1.165) is 12.8 Å². The molecule has 1 atom stereocenters. The van der Waals surface area contributed by atoms with E-state index in [1.54, 1.807) is 0 Å². The van der Waals surface area contributed by atoms with E-state index in [0.29, 0.717) is 19.0 Å². The lowest BCUT2D eigenvalue weighted by Gasteiger charge is -2.33. The summed E-state index contributed by atoms with van der Waals surface area (Å²) in [4.78, 5) is 0.0692. The molecule has 0 spiro atoms. The van der Waals surface area contributed by atoms with Crippen molar-refractivity contribution in [1.82, 2.24) is 4.72 Å². The van der Waals surface area contributed by atoms with Gasteiger partial charge in [0.25, 0.3) is 0 Å². The van der Waals surface area contributed by atoms with Crippen LogP contribution in [0.1, 0.15) is 25.5 Å². The molecule has 2 rings (SSSR count). The maximum absolute atomic E-state index is 12.4. The Hall–Kier alpha value is -0.410. The van der Waals surface area contributed by atoms with Gasteiger partial charge in [-0.15, -0.1) is 0 Å². The van der Waals surface area contributed by atoms with Crippen LogP contribution in [-0.4, -0.2) is 27.2 Å². The molecule has 0 amide bonds. The number of rotatable bonds is 4. The van der Waals surface area contributed by atoms with Gasteiger partial charge < -0.3 is 14.9 Å². The third-order valence-corrected chi connectivity index (χ3v) is 5.51. The average Bonchev–Trinajstić information content (AvgIpc) is 2.71. The van der Waals surface area contributed by atoms with Crippen molar-refractivity contribution in [2.24, 2.45) is 5.73 Å². The lowest BCUT2D eigenvalue weighted by atomic mass is 9.97. The van der Waals surface area contributed by atoms with Gasteiger partial charge in [-0.3, -0.25) is 0 Å². The zero-order valence-corrected chi connectivity index (χ0v) is 13.0. The molecule has 0 saturated carbocycles. The van der Waals surface area contributed by atoms with Gasteiger partial charge in [-0.1, -0.05) is 0 Å². The predicted octanol–water partition coefficient (Wildman–Crippen LogP) is 1.35. The van der Waals surface area contributed by atoms with Gasteiger partial charge in [0, 0.05) is 12.7 Å². The Morgan fingerprint density at radius 2 is 2.32 bits per heavy atom. The van der Waals surface area contributed by atoms with Crippen molar-refractivity contribution in [1.29, 1.82) is 0 Å². The maximum Gasteiger partial charge on any atom is 0.245 e. The first-order chi connectivity index (χ1) is 8.86. The minimum absolute atomic E-state index is 0.0692. The lowest BCUT2D eigenvalue weighted by Crippen LogP contribution is -2.51. The molecule has 0 aromatic carbocycles. The molecular weight excluding hydrogens is 336 g/mol. The third kappa shape index (κ3) is 3.38. The molecule has 2 heterocycles. The molecule has 6 nitrogen and oxygen atoms in total. The van der Waals surface area contributed by atoms with Crippen LogP contribution in [0.5, 0.6) is 0 Å². The zero-order chi connectivity index (χ0) is 14.1. The monoisotopic (exact) mass is 352 g/mol. The SMILES string of the molecule is CC1(NS(=O)(=O)c2cc(CN)oc2Br)CCCOC1. The molecule has 108 valence electrons. The average molecular weight is 353 g/mol. The molecular formula is C11H17BrN2O4S. The third-order valence-electron chi connectivity index (χ3n) is 3.02. The van der Waals surface area contributed by atoms with Crippen molar-refractivity contribution in [2.75, 3.05) is 13.2 Å². The second-order valence-electron chi connectivity index (χ2n) is 4.88. The number of sulfonamides is 1. The maximum atomic E-state index is 12.4. The van der Waals surface area contributed by atoms with Crippen molar-refractivity contribution in [3.8, 4) is 0 Å². The summed E-state index contributed by atoms with van der Waals surface area (Å²) in [5.41, 5.74) is 4.85. The summed E-state index contributed by atoms with van der Waals surface area (Å²) in [7, 11) is -3.66. The molecule has 3 N–H and O–H groups in total. The van der Waals surface area contributed by atoms with Crippen molar-refractivity contribution < 1.29 is 17.6 Å². The van der Waals surface area contributed by atoms with E-state index < -0.39 is 15.6 Å². The Kier molecular flexibility index (Phi) is 4.36. The molecule has 1 aliphatic rings. The minimum Gasteiger partial charge on any atom is -0.452 e. The Balaban J connectivity index is 2.24. The largest absolute Gasteiger partial charge is 0.452 e. The number of nitrogens with one attached hydrogen (secondary N) is 1. The Morgan fingerprint density at radius 3 is 2.84 bits per heavy atom. The summed E-state index contributed by atoms with van der Waals surface area (Å²) in [6.07, 6.45) is 1.57. The van der Waals surface area contributed by atoms with Crippen LogP contribution in [0.2, 0.25) is 0 Å². The predicted molar refractivity (Wildman–Crippen MR) is 73.1 cm³/mol. The normalized spacial score (nSPS) is 24.6. The van der Waals surface area contributed by atoms with E-state index in [4.69, 9.17) is 14.9 Å². The van der Waals surface area contributed by atoms with Crippen LogP contribution in [0.15, 0.2) is 20.0 Å². The molecule has 1 aliphatic heterocycles. The highest BCUT2D eigenvalue weighted by atomic mass is 79.9. The van der Waals surface area contributed by atoms with E-state index >= 15 is 0 Å². The van der Waals surface area contributed by atoms with Crippen molar-refractivity contribution in [3.05, 3.63) is 16.5 Å². The van der Waals surface area contributed by atoms with Crippen molar-refractivity contribution >= 4 is 26.0 Å². The Labute approximate surface area is 120 Å². The van der Waals surface area contributed by atoms with E-state index in [1.165, 1.54) is 6.07 Å². The second kappa shape index (κ2) is 5.53. The second-order valence-corrected chi connectivity index (χ2v) is 7.25. The van der Waals surface area contributed by atoms with Crippen LogP contribution >= 0.6 is 15.9 Å². The van der Waals surface area contributed by atoms with E-state index in [-0.39, 0.29) is 16.1 Å². The first-order valence-corrected chi connectivity index (χ1v) is 8.24. The molecule has 8 heteroatoms. The van der Waals surface area contributed by atoms with Crippen molar-refractivity contribution in [2.45, 2.75) is 36.7 Å². The van der Waals surface area contributed by atoms with Crippen molar-refractivity contribution in [3.63, 3.8) is 0 Å². The van der Waals surface area contributed by atoms with Gasteiger partial charge in [-0.25, -0.2) is 13.1 Å². The Morgan fingerprint density at radius 1 is 1.58 bits per heavy atom. The fraction of sp³-hybridized carbons (Fsp3) is 0.636. The molecule has 1 saturated heterocycles. The first kappa shape index (κ1) is 15.0. The van der Waals surface area contributed by atoms with Gasteiger partial charge in [-0.2, -0.15) is 0 Å². The summed E-state index contributed by atoms with van der Waals surface area (Å²) < 4.78 is 38.1. The summed E-state index contributed by atoms with van der Waals surface area (Å²) in [5, 5.41) is 0. The number of hydrogen-bond donors (Lipinski definition) is 2. The van der Waals surface area contributed by atoms with Gasteiger partial charge in [0.15, 0.2) is 4.67 Å². The number of hydrogen-bond acceptors (Lipinski definition) is 5. The zero-order valence-electron chi connectivity index (χ0n) is 10.6. The molecule has 0 bridgehead atoms. The van der Waals surface area contributed by atoms with Gasteiger partial charge in [0.05, 0.1) is 18.7 Å². The number of furan rings is 1. The molecule has 0 radical (unpaired) electrons. The van der Waals surface area contributed by atoms with E-state index in [2.05, 4.69) is 20.7 Å². The number of ether oxygens (including phenoxy) is 1. The summed E-state index contributed by atoms with van der Waals surface area (Å²) in [6.45, 7) is 3.02. The van der Waals surface area contributed by atoms with Gasteiger partial charge >= 0.3 is 0 Å². The molecule has 1 unspecified atom stereocenters. The van der Waals surface area contributed by atoms with E-state index in [9.17, 15) is 8.42 Å². The highest BCUT2D eigenvalue weighted by molar-refractivity contribution is 9.10.